The molecule has 0 N–H and O–H groups in total. The van der Waals surface area contributed by atoms with Crippen molar-refractivity contribution in [3.8, 4) is 5.69 Å². The quantitative estimate of drug-likeness (QED) is 0.641. The monoisotopic (exact) mass is 278 g/mol. The highest BCUT2D eigenvalue weighted by molar-refractivity contribution is 6.33. The molecule has 3 rings (SSSR count). The van der Waals surface area contributed by atoms with Gasteiger partial charge in [-0.3, -0.25) is 0 Å². The van der Waals surface area contributed by atoms with Crippen molar-refractivity contribution in [2.45, 2.75) is 6.92 Å². The summed E-state index contributed by atoms with van der Waals surface area (Å²) in [7, 11) is 0. The fourth-order valence-electron chi connectivity index (χ4n) is 1.75. The van der Waals surface area contributed by atoms with E-state index in [-0.39, 0.29) is 0 Å². The fraction of sp³-hybridized carbons (Fsp3) is 0.0833. The molecule has 1 aromatic carbocycles. The van der Waals surface area contributed by atoms with E-state index >= 15 is 0 Å². The maximum Gasteiger partial charge on any atom is 0.168 e. The first kappa shape index (κ1) is 11.4. The Morgan fingerprint density at radius 1 is 1.06 bits per heavy atom. The summed E-state index contributed by atoms with van der Waals surface area (Å²) >= 11 is 11.9. The van der Waals surface area contributed by atoms with Gasteiger partial charge in [0.05, 0.1) is 17.3 Å². The van der Waals surface area contributed by atoms with Gasteiger partial charge in [-0.2, -0.15) is 5.10 Å². The van der Waals surface area contributed by atoms with E-state index in [1.807, 2.05) is 12.1 Å². The van der Waals surface area contributed by atoms with Gasteiger partial charge < -0.3 is 0 Å². The van der Waals surface area contributed by atoms with Crippen LogP contribution in [0.1, 0.15) is 5.82 Å². The molecule has 0 saturated carbocycles. The van der Waals surface area contributed by atoms with Crippen molar-refractivity contribution >= 4 is 34.2 Å². The maximum atomic E-state index is 6.06. The van der Waals surface area contributed by atoms with Crippen LogP contribution in [0.15, 0.2) is 30.5 Å². The van der Waals surface area contributed by atoms with Crippen molar-refractivity contribution in [2.75, 3.05) is 0 Å². The van der Waals surface area contributed by atoms with Gasteiger partial charge in [0, 0.05) is 5.02 Å². The normalized spacial score (nSPS) is 11.1. The van der Waals surface area contributed by atoms with E-state index in [0.717, 1.165) is 11.1 Å². The lowest BCUT2D eigenvalue weighted by Crippen LogP contribution is -1.99. The van der Waals surface area contributed by atoms with Crippen LogP contribution in [0.2, 0.25) is 10.2 Å². The summed E-state index contributed by atoms with van der Waals surface area (Å²) in [5.41, 5.74) is 1.57. The maximum absolute atomic E-state index is 6.06. The van der Waals surface area contributed by atoms with Gasteiger partial charge in [-0.15, -0.1) is 0 Å². The molecule has 0 aliphatic rings. The molecule has 0 saturated heterocycles. The van der Waals surface area contributed by atoms with Gasteiger partial charge in [-0.1, -0.05) is 23.2 Å². The Balaban J connectivity index is 2.27. The number of halogens is 2. The zero-order chi connectivity index (χ0) is 12.7. The molecule has 3 aromatic rings. The first-order chi connectivity index (χ1) is 8.65. The average Bonchev–Trinajstić information content (AvgIpc) is 2.74. The second-order valence-electron chi connectivity index (χ2n) is 3.83. The van der Waals surface area contributed by atoms with Crippen molar-refractivity contribution in [3.05, 3.63) is 46.5 Å². The Morgan fingerprint density at radius 3 is 2.50 bits per heavy atom. The molecule has 90 valence electrons. The third-order valence-corrected chi connectivity index (χ3v) is 3.11. The number of fused-ring (bicyclic) bond motifs is 1. The Bertz CT molecular complexity index is 719. The van der Waals surface area contributed by atoms with Crippen LogP contribution in [0.4, 0.5) is 0 Å². The van der Waals surface area contributed by atoms with Crippen molar-refractivity contribution in [1.29, 1.82) is 0 Å². The van der Waals surface area contributed by atoms with E-state index in [1.54, 1.807) is 29.9 Å². The van der Waals surface area contributed by atoms with Crippen LogP contribution in [0, 0.1) is 6.92 Å². The number of benzene rings is 1. The number of rotatable bonds is 1. The molecule has 2 heterocycles. The van der Waals surface area contributed by atoms with Crippen LogP contribution in [-0.4, -0.2) is 19.7 Å². The summed E-state index contributed by atoms with van der Waals surface area (Å²) < 4.78 is 1.71. The summed E-state index contributed by atoms with van der Waals surface area (Å²) in [4.78, 5) is 8.47. The van der Waals surface area contributed by atoms with E-state index in [0.29, 0.717) is 21.6 Å². The summed E-state index contributed by atoms with van der Waals surface area (Å²) in [6.07, 6.45) is 1.66. The molecule has 4 nitrogen and oxygen atoms in total. The minimum Gasteiger partial charge on any atom is -0.221 e. The van der Waals surface area contributed by atoms with Gasteiger partial charge in [0.2, 0.25) is 0 Å². The molecule has 0 fully saturated rings. The molecule has 0 spiro atoms. The zero-order valence-electron chi connectivity index (χ0n) is 9.43. The molecule has 0 radical (unpaired) electrons. The van der Waals surface area contributed by atoms with Gasteiger partial charge in [0.25, 0.3) is 0 Å². The molecule has 0 atom stereocenters. The summed E-state index contributed by atoms with van der Waals surface area (Å²) in [5, 5.41) is 6.11. The molecule has 2 aromatic heterocycles. The van der Waals surface area contributed by atoms with E-state index < -0.39 is 0 Å². The lowest BCUT2D eigenvalue weighted by atomic mass is 10.3. The smallest absolute Gasteiger partial charge is 0.168 e. The van der Waals surface area contributed by atoms with Crippen LogP contribution in [0.25, 0.3) is 16.7 Å². The van der Waals surface area contributed by atoms with Gasteiger partial charge in [0.15, 0.2) is 5.65 Å². The molecule has 0 unspecified atom stereocenters. The van der Waals surface area contributed by atoms with Gasteiger partial charge in [-0.25, -0.2) is 14.6 Å². The number of aromatic nitrogens is 4. The predicted octanol–water partition coefficient (Wildman–Crippen LogP) is 3.43. The number of hydrogen-bond acceptors (Lipinski definition) is 3. The Hall–Kier alpha value is -1.65. The molecular formula is C12H8Cl2N4. The van der Waals surface area contributed by atoms with E-state index in [4.69, 9.17) is 23.2 Å². The van der Waals surface area contributed by atoms with Crippen LogP contribution in [-0.2, 0) is 0 Å². The van der Waals surface area contributed by atoms with Gasteiger partial charge >= 0.3 is 0 Å². The molecule has 0 aliphatic heterocycles. The lowest BCUT2D eigenvalue weighted by molar-refractivity contribution is 0.889. The van der Waals surface area contributed by atoms with Gasteiger partial charge in [-0.05, 0) is 31.2 Å². The highest BCUT2D eigenvalue weighted by Gasteiger charge is 2.11. The minimum absolute atomic E-state index is 0.415. The lowest BCUT2D eigenvalue weighted by Gasteiger charge is -2.03. The van der Waals surface area contributed by atoms with Crippen molar-refractivity contribution in [1.82, 2.24) is 19.7 Å². The first-order valence-electron chi connectivity index (χ1n) is 5.29. The highest BCUT2D eigenvalue weighted by atomic mass is 35.5. The largest absolute Gasteiger partial charge is 0.221 e. The van der Waals surface area contributed by atoms with Crippen molar-refractivity contribution in [2.24, 2.45) is 0 Å². The van der Waals surface area contributed by atoms with Crippen LogP contribution in [0.5, 0.6) is 0 Å². The molecular weight excluding hydrogens is 271 g/mol. The standard InChI is InChI=1S/C12H8Cl2N4/c1-7-16-11(14)10-6-15-18(12(10)17-7)9-4-2-8(13)3-5-9/h2-6H,1H3. The van der Waals surface area contributed by atoms with Gasteiger partial charge in [0.1, 0.15) is 11.0 Å². The Kier molecular flexibility index (Phi) is 2.69. The summed E-state index contributed by atoms with van der Waals surface area (Å²) in [5.74, 6) is 0.614. The van der Waals surface area contributed by atoms with Crippen LogP contribution in [0.3, 0.4) is 0 Å². The van der Waals surface area contributed by atoms with Crippen molar-refractivity contribution < 1.29 is 0 Å². The van der Waals surface area contributed by atoms with Crippen LogP contribution >= 0.6 is 23.2 Å². The Labute approximate surface area is 113 Å². The minimum atomic E-state index is 0.415. The SMILES string of the molecule is Cc1nc(Cl)c2cnn(-c3ccc(Cl)cc3)c2n1. The number of hydrogen-bond donors (Lipinski definition) is 0. The molecule has 0 bridgehead atoms. The molecule has 0 amide bonds. The zero-order valence-corrected chi connectivity index (χ0v) is 10.9. The summed E-state index contributed by atoms with van der Waals surface area (Å²) in [6, 6.07) is 7.36. The number of nitrogens with zero attached hydrogens (tertiary/aromatic N) is 4. The fourth-order valence-corrected chi connectivity index (χ4v) is 2.13. The topological polar surface area (TPSA) is 43.6 Å². The van der Waals surface area contributed by atoms with E-state index in [2.05, 4.69) is 15.1 Å². The van der Waals surface area contributed by atoms with E-state index in [9.17, 15) is 0 Å². The average molecular weight is 279 g/mol. The van der Waals surface area contributed by atoms with Crippen LogP contribution < -0.4 is 0 Å². The second kappa shape index (κ2) is 4.23. The highest BCUT2D eigenvalue weighted by Crippen LogP contribution is 2.23. The molecule has 18 heavy (non-hydrogen) atoms. The molecule has 6 heteroatoms. The third-order valence-electron chi connectivity index (χ3n) is 2.56. The first-order valence-corrected chi connectivity index (χ1v) is 6.04. The van der Waals surface area contributed by atoms with Crippen molar-refractivity contribution in [3.63, 3.8) is 0 Å². The Morgan fingerprint density at radius 2 is 1.78 bits per heavy atom. The number of aryl methyl sites for hydroxylation is 1. The summed E-state index contributed by atoms with van der Waals surface area (Å²) in [6.45, 7) is 1.80. The molecule has 0 aliphatic carbocycles. The van der Waals surface area contributed by atoms with E-state index in [1.165, 1.54) is 0 Å². The second-order valence-corrected chi connectivity index (χ2v) is 4.63. The predicted molar refractivity (Wildman–Crippen MR) is 71.4 cm³/mol. The third kappa shape index (κ3) is 1.83.